The van der Waals surface area contributed by atoms with E-state index in [1.807, 2.05) is 6.08 Å². The van der Waals surface area contributed by atoms with Gasteiger partial charge in [-0.1, -0.05) is 76.1 Å². The van der Waals surface area contributed by atoms with Crippen LogP contribution in [0.4, 0.5) is 5.82 Å². The highest BCUT2D eigenvalue weighted by Crippen LogP contribution is 2.56. The fraction of sp³-hybridized carbons (Fsp3) is 0.657. The number of thioether (sulfide) groups is 1. The van der Waals surface area contributed by atoms with Crippen LogP contribution in [0.1, 0.15) is 84.8 Å². The summed E-state index contributed by atoms with van der Waals surface area (Å²) in [6.45, 7) is 2.23. The maximum Gasteiger partial charge on any atom is 0.274 e. The number of hydrogen-bond donors (Lipinski definition) is 5. The lowest BCUT2D eigenvalue weighted by Crippen LogP contribution is -2.46. The largest absolute Gasteiger partial charge is 0.790 e. The Balaban J connectivity index is 1.36. The second-order valence-corrected chi connectivity index (χ2v) is 20.0. The van der Waals surface area contributed by atoms with E-state index in [1.165, 1.54) is 13.8 Å². The number of aromatic nitrogens is 4. The molecule has 3 heterocycles. The Labute approximate surface area is 368 Å². The van der Waals surface area contributed by atoms with Gasteiger partial charge in [0.15, 0.2) is 22.8 Å². The van der Waals surface area contributed by atoms with Crippen LogP contribution >= 0.6 is 35.2 Å². The van der Waals surface area contributed by atoms with Crippen molar-refractivity contribution in [2.75, 3.05) is 37.8 Å². The maximum atomic E-state index is 12.6. The molecule has 7 atom stereocenters. The summed E-state index contributed by atoms with van der Waals surface area (Å²) in [5.41, 5.74) is 4.08. The zero-order valence-corrected chi connectivity index (χ0v) is 38.4. The van der Waals surface area contributed by atoms with Crippen LogP contribution in [-0.4, -0.2) is 103 Å². The first-order valence-corrected chi connectivity index (χ1v) is 25.2. The van der Waals surface area contributed by atoms with Crippen LogP contribution in [0.25, 0.3) is 11.2 Å². The molecule has 2 aromatic heterocycles. The van der Waals surface area contributed by atoms with Crippen LogP contribution in [0.2, 0.25) is 0 Å². The number of nitrogens with one attached hydrogen (secondary N) is 2. The topological polar surface area (TPSA) is 375 Å². The molecule has 0 radical (unpaired) electrons. The van der Waals surface area contributed by atoms with Crippen molar-refractivity contribution >= 4 is 69.1 Å². The number of aliphatic hydroxyl groups is 2. The number of phosphoric ester groups is 3. The van der Waals surface area contributed by atoms with Crippen LogP contribution in [0.15, 0.2) is 37.0 Å². The number of nitrogen functional groups attached to an aromatic ring is 1. The molecule has 0 saturated carbocycles. The van der Waals surface area contributed by atoms with Crippen molar-refractivity contribution in [1.82, 2.24) is 30.2 Å². The zero-order valence-electron chi connectivity index (χ0n) is 34.9. The minimum Gasteiger partial charge on any atom is -0.790 e. The van der Waals surface area contributed by atoms with E-state index >= 15 is 0 Å². The molecular weight excluding hydrogens is 915 g/mol. The quantitative estimate of drug-likeness (QED) is 0.0418. The van der Waals surface area contributed by atoms with Gasteiger partial charge in [0, 0.05) is 37.1 Å². The first-order chi connectivity index (χ1) is 29.6. The number of carbonyl (C=O) groups is 3. The van der Waals surface area contributed by atoms with E-state index in [9.17, 15) is 57.9 Å². The molecule has 1 fully saturated rings. The molecule has 63 heavy (non-hydrogen) atoms. The maximum absolute atomic E-state index is 12.6. The van der Waals surface area contributed by atoms with Crippen LogP contribution < -0.4 is 35.9 Å². The number of allylic oxidation sites excluding steroid dienone is 4. The molecule has 28 heteroatoms. The Kier molecular flexibility index (Phi) is 22.1. The number of imidazole rings is 1. The van der Waals surface area contributed by atoms with Gasteiger partial charge in [-0.2, -0.15) is 0 Å². The summed E-state index contributed by atoms with van der Waals surface area (Å²) in [6.07, 6.45) is 8.32. The van der Waals surface area contributed by atoms with Crippen molar-refractivity contribution in [3.63, 3.8) is 0 Å². The Morgan fingerprint density at radius 2 is 1.67 bits per heavy atom. The molecular formula is C35H54N7O17P3S-4. The molecule has 2 aromatic rings. The average molecular weight is 970 g/mol. The zero-order chi connectivity index (χ0) is 46.8. The molecule has 0 aliphatic carbocycles. The number of amides is 2. The number of phosphoric acid groups is 3. The van der Waals surface area contributed by atoms with Crippen LogP contribution in [-0.2, 0) is 50.7 Å². The highest BCUT2D eigenvalue weighted by Gasteiger charge is 2.47. The SMILES string of the molecule is CC/C=C/C=C\CCCCCCCC(=O)SCCNC(=O)CCNC(=O)[C@H](O)C(C)(C)COP(=O)([O-])OP(=O)([O-])OC[C@H]1O[C@@H](n2cnc3c(N)ncnc32)[C@H](O)[C@@H]1OP(=O)([O-])[O-]. The average Bonchev–Trinajstić information content (AvgIpc) is 3.76. The third-order valence-corrected chi connectivity index (χ3v) is 13.1. The van der Waals surface area contributed by atoms with E-state index in [4.69, 9.17) is 10.5 Å². The molecule has 0 spiro atoms. The lowest BCUT2D eigenvalue weighted by atomic mass is 9.87. The Morgan fingerprint density at radius 1 is 0.984 bits per heavy atom. The molecule has 6 N–H and O–H groups in total. The number of rotatable bonds is 29. The van der Waals surface area contributed by atoms with Crippen LogP contribution in [0, 0.1) is 5.41 Å². The van der Waals surface area contributed by atoms with E-state index in [2.05, 4.69) is 68.6 Å². The monoisotopic (exact) mass is 969 g/mol. The minimum absolute atomic E-state index is 0.0201. The van der Waals surface area contributed by atoms with Gasteiger partial charge in [-0.3, -0.25) is 28.1 Å². The summed E-state index contributed by atoms with van der Waals surface area (Å²) in [7, 11) is -17.6. The number of carbonyl (C=O) groups excluding carboxylic acids is 3. The molecule has 356 valence electrons. The fourth-order valence-electron chi connectivity index (χ4n) is 5.80. The standard InChI is InChI=1S/C35H58N7O17P3S/c1-4-5-6-7-8-9-10-11-12-13-14-15-26(44)63-19-18-37-25(43)16-17-38-33(47)30(46)35(2,3)21-56-62(53,54)59-61(51,52)55-20-24-29(58-60(48,49)50)28(45)34(57-24)42-23-41-27-31(36)39-22-40-32(27)42/h5-8,22-24,28-30,34,45-46H,4,9-21H2,1-3H3,(H,37,43)(H,38,47)(H,51,52)(H,53,54)(H2,36,39,40)(H2,48,49,50)/p-4/b6-5+,8-7-/t24-,28-,29-,30+,34-/m1/s1. The van der Waals surface area contributed by atoms with Crippen molar-refractivity contribution in [2.24, 2.45) is 5.41 Å². The molecule has 3 rings (SSSR count). The first-order valence-electron chi connectivity index (χ1n) is 19.8. The minimum atomic E-state index is -5.92. The summed E-state index contributed by atoms with van der Waals surface area (Å²) < 4.78 is 60.7. The molecule has 2 amide bonds. The number of aliphatic hydroxyl groups excluding tert-OH is 2. The lowest BCUT2D eigenvalue weighted by molar-refractivity contribution is -0.347. The Bertz CT molecular complexity index is 2020. The Morgan fingerprint density at radius 3 is 2.38 bits per heavy atom. The predicted octanol–water partition coefficient (Wildman–Crippen LogP) is 0.390. The molecule has 1 saturated heterocycles. The fourth-order valence-corrected chi connectivity index (χ4v) is 9.25. The van der Waals surface area contributed by atoms with Crippen molar-refractivity contribution in [1.29, 1.82) is 0 Å². The number of hydrogen-bond acceptors (Lipinski definition) is 22. The smallest absolute Gasteiger partial charge is 0.274 e. The third-order valence-electron chi connectivity index (χ3n) is 9.11. The lowest BCUT2D eigenvalue weighted by Gasteiger charge is -2.36. The summed E-state index contributed by atoms with van der Waals surface area (Å²) in [5, 5.41) is 26.4. The van der Waals surface area contributed by atoms with E-state index in [0.29, 0.717) is 12.2 Å². The summed E-state index contributed by atoms with van der Waals surface area (Å²) in [4.78, 5) is 96.6. The van der Waals surface area contributed by atoms with Gasteiger partial charge in [-0.05, 0) is 25.7 Å². The van der Waals surface area contributed by atoms with Crippen molar-refractivity contribution < 1.29 is 80.5 Å². The number of nitrogens with zero attached hydrogens (tertiary/aromatic N) is 4. The van der Waals surface area contributed by atoms with Gasteiger partial charge >= 0.3 is 0 Å². The van der Waals surface area contributed by atoms with Crippen LogP contribution in [0.5, 0.6) is 0 Å². The third kappa shape index (κ3) is 19.2. The van der Waals surface area contributed by atoms with Gasteiger partial charge in [0.05, 0.1) is 27.4 Å². The van der Waals surface area contributed by atoms with Gasteiger partial charge in [-0.25, -0.2) is 19.3 Å². The molecule has 1 aliphatic heterocycles. The van der Waals surface area contributed by atoms with Gasteiger partial charge in [0.1, 0.15) is 36.3 Å². The van der Waals surface area contributed by atoms with Gasteiger partial charge in [0.25, 0.3) is 15.6 Å². The highest BCUT2D eigenvalue weighted by atomic mass is 32.2. The first kappa shape index (κ1) is 54.4. The molecule has 1 aliphatic rings. The van der Waals surface area contributed by atoms with Gasteiger partial charge in [-0.15, -0.1) is 0 Å². The normalized spacial score (nSPS) is 20.8. The molecule has 0 aromatic carbocycles. The second-order valence-electron chi connectivity index (χ2n) is 14.8. The van der Waals surface area contributed by atoms with Crippen molar-refractivity contribution in [3.05, 3.63) is 37.0 Å². The van der Waals surface area contributed by atoms with Gasteiger partial charge in [0.2, 0.25) is 11.8 Å². The number of nitrogens with two attached hydrogens (primary N) is 1. The van der Waals surface area contributed by atoms with E-state index in [1.54, 1.807) is 0 Å². The van der Waals surface area contributed by atoms with E-state index in [0.717, 1.165) is 73.9 Å². The highest BCUT2D eigenvalue weighted by molar-refractivity contribution is 8.13. The summed E-state index contributed by atoms with van der Waals surface area (Å²) in [6, 6.07) is 0. The predicted molar refractivity (Wildman–Crippen MR) is 219 cm³/mol. The number of ether oxygens (including phenoxy) is 1. The van der Waals surface area contributed by atoms with Crippen molar-refractivity contribution in [3.8, 4) is 0 Å². The van der Waals surface area contributed by atoms with Gasteiger partial charge < -0.3 is 69.0 Å². The second kappa shape index (κ2) is 25.7. The van der Waals surface area contributed by atoms with Crippen molar-refractivity contribution in [2.45, 2.75) is 109 Å². The van der Waals surface area contributed by atoms with Crippen LogP contribution in [0.3, 0.4) is 0 Å². The summed E-state index contributed by atoms with van der Waals surface area (Å²) >= 11 is 1.12. The Hall–Kier alpha value is -2.96. The number of anilines is 1. The van der Waals surface area contributed by atoms with E-state index in [-0.39, 0.29) is 41.6 Å². The molecule has 24 nitrogen and oxygen atoms in total. The van der Waals surface area contributed by atoms with E-state index < -0.39 is 84.6 Å². The molecule has 2 unspecified atom stereocenters. The summed E-state index contributed by atoms with van der Waals surface area (Å²) in [5.74, 6) is -1.16. The molecule has 0 bridgehead atoms. The number of fused-ring (bicyclic) bond motifs is 1. The number of unbranched alkanes of at least 4 members (excludes halogenated alkanes) is 5.